The number of aromatic nitrogens is 2. The molecule has 3 aromatic rings. The van der Waals surface area contributed by atoms with E-state index in [2.05, 4.69) is 10.2 Å². The summed E-state index contributed by atoms with van der Waals surface area (Å²) in [6.07, 6.45) is 2.37. The van der Waals surface area contributed by atoms with E-state index in [1.54, 1.807) is 24.3 Å². The van der Waals surface area contributed by atoms with Crippen molar-refractivity contribution in [1.82, 2.24) is 10.2 Å². The number of hydrogen-bond acceptors (Lipinski definition) is 6. The van der Waals surface area contributed by atoms with E-state index in [1.165, 1.54) is 35.2 Å². The van der Waals surface area contributed by atoms with E-state index in [4.69, 9.17) is 9.15 Å². The fourth-order valence-electron chi connectivity index (χ4n) is 2.07. The van der Waals surface area contributed by atoms with Gasteiger partial charge in [0.15, 0.2) is 6.10 Å². The third-order valence-corrected chi connectivity index (χ3v) is 4.28. The van der Waals surface area contributed by atoms with Gasteiger partial charge in [-0.3, -0.25) is 0 Å². The van der Waals surface area contributed by atoms with E-state index in [-0.39, 0.29) is 17.6 Å². The summed E-state index contributed by atoms with van der Waals surface area (Å²) in [6.45, 7) is 3.64. The highest BCUT2D eigenvalue weighted by Crippen LogP contribution is 2.23. The molecule has 5 nitrogen and oxygen atoms in total. The Morgan fingerprint density at radius 1 is 1.24 bits per heavy atom. The van der Waals surface area contributed by atoms with Crippen LogP contribution in [0.25, 0.3) is 17.5 Å². The maximum atomic E-state index is 12.9. The molecule has 0 saturated carbocycles. The standard InChI is InChI=1S/C18H15FN2O3S/c1-11-3-8-15(25-11)9-10-16(22)23-12(2)17-20-21-18(24-17)13-4-6-14(19)7-5-13/h3-10,12H,1-2H3/b10-9+/t12-/m1/s1. The summed E-state index contributed by atoms with van der Waals surface area (Å²) in [5.41, 5.74) is 0.589. The van der Waals surface area contributed by atoms with Crippen LogP contribution in [0, 0.1) is 12.7 Å². The van der Waals surface area contributed by atoms with E-state index in [0.717, 1.165) is 4.88 Å². The maximum Gasteiger partial charge on any atom is 0.331 e. The number of rotatable bonds is 5. The molecule has 0 radical (unpaired) electrons. The van der Waals surface area contributed by atoms with Gasteiger partial charge in [-0.05, 0) is 56.3 Å². The Hall–Kier alpha value is -2.80. The number of halogens is 1. The largest absolute Gasteiger partial charge is 0.449 e. The first-order valence-corrected chi connectivity index (χ1v) is 8.37. The Balaban J connectivity index is 1.63. The number of benzene rings is 1. The number of aryl methyl sites for hydroxylation is 1. The van der Waals surface area contributed by atoms with Crippen LogP contribution >= 0.6 is 11.3 Å². The van der Waals surface area contributed by atoms with E-state index >= 15 is 0 Å². The number of carbonyl (C=O) groups excluding carboxylic acids is 1. The molecule has 0 amide bonds. The molecular weight excluding hydrogens is 343 g/mol. The Morgan fingerprint density at radius 2 is 2.00 bits per heavy atom. The second kappa shape index (κ2) is 7.40. The molecule has 25 heavy (non-hydrogen) atoms. The van der Waals surface area contributed by atoms with Crippen LogP contribution in [0.15, 0.2) is 46.9 Å². The average molecular weight is 358 g/mol. The highest BCUT2D eigenvalue weighted by Gasteiger charge is 2.18. The van der Waals surface area contributed by atoms with Gasteiger partial charge in [-0.2, -0.15) is 0 Å². The monoisotopic (exact) mass is 358 g/mol. The minimum absolute atomic E-state index is 0.174. The van der Waals surface area contributed by atoms with Crippen LogP contribution in [0.2, 0.25) is 0 Å². The topological polar surface area (TPSA) is 65.2 Å². The lowest BCUT2D eigenvalue weighted by Gasteiger charge is -2.06. The van der Waals surface area contributed by atoms with Crippen molar-refractivity contribution in [2.24, 2.45) is 0 Å². The Morgan fingerprint density at radius 3 is 2.68 bits per heavy atom. The minimum Gasteiger partial charge on any atom is -0.449 e. The molecule has 0 N–H and O–H groups in total. The van der Waals surface area contributed by atoms with Gasteiger partial charge in [0.05, 0.1) is 0 Å². The third-order valence-electron chi connectivity index (χ3n) is 3.32. The van der Waals surface area contributed by atoms with Gasteiger partial charge < -0.3 is 9.15 Å². The SMILES string of the molecule is Cc1ccc(/C=C/C(=O)O[C@H](C)c2nnc(-c3ccc(F)cc3)o2)s1. The summed E-state index contributed by atoms with van der Waals surface area (Å²) in [7, 11) is 0. The summed E-state index contributed by atoms with van der Waals surface area (Å²) < 4.78 is 23.7. The number of carbonyl (C=O) groups is 1. The number of hydrogen-bond donors (Lipinski definition) is 0. The molecule has 7 heteroatoms. The molecule has 3 rings (SSSR count). The normalized spacial score (nSPS) is 12.4. The van der Waals surface area contributed by atoms with Crippen LogP contribution in [0.4, 0.5) is 4.39 Å². The predicted molar refractivity (Wildman–Crippen MR) is 92.3 cm³/mol. The molecule has 0 spiro atoms. The van der Waals surface area contributed by atoms with Crippen molar-refractivity contribution in [2.75, 3.05) is 0 Å². The van der Waals surface area contributed by atoms with Gasteiger partial charge in [-0.15, -0.1) is 21.5 Å². The summed E-state index contributed by atoms with van der Waals surface area (Å²) in [5.74, 6) is -0.436. The van der Waals surface area contributed by atoms with Gasteiger partial charge in [-0.1, -0.05) is 0 Å². The molecular formula is C18H15FN2O3S. The first-order valence-electron chi connectivity index (χ1n) is 7.56. The second-order valence-electron chi connectivity index (χ2n) is 5.31. The van der Waals surface area contributed by atoms with Gasteiger partial charge in [0.25, 0.3) is 5.89 Å². The van der Waals surface area contributed by atoms with E-state index < -0.39 is 12.1 Å². The van der Waals surface area contributed by atoms with Crippen LogP contribution in [0.3, 0.4) is 0 Å². The van der Waals surface area contributed by atoms with Crippen LogP contribution in [-0.2, 0) is 9.53 Å². The first-order chi connectivity index (χ1) is 12.0. The lowest BCUT2D eigenvalue weighted by molar-refractivity contribution is -0.143. The van der Waals surface area contributed by atoms with Crippen molar-refractivity contribution < 1.29 is 18.3 Å². The van der Waals surface area contributed by atoms with Crippen molar-refractivity contribution in [2.45, 2.75) is 20.0 Å². The molecule has 2 aromatic heterocycles. The summed E-state index contributed by atoms with van der Waals surface area (Å²) in [4.78, 5) is 14.0. The zero-order valence-electron chi connectivity index (χ0n) is 13.6. The van der Waals surface area contributed by atoms with Crippen molar-refractivity contribution in [1.29, 1.82) is 0 Å². The molecule has 0 saturated heterocycles. The van der Waals surface area contributed by atoms with Crippen molar-refractivity contribution >= 4 is 23.4 Å². The lowest BCUT2D eigenvalue weighted by atomic mass is 10.2. The zero-order chi connectivity index (χ0) is 17.8. The Bertz CT molecular complexity index is 899. The molecule has 0 aliphatic rings. The summed E-state index contributed by atoms with van der Waals surface area (Å²) >= 11 is 1.58. The first kappa shape index (κ1) is 17.0. The maximum absolute atomic E-state index is 12.9. The molecule has 0 fully saturated rings. The minimum atomic E-state index is -0.691. The fraction of sp³-hybridized carbons (Fsp3) is 0.167. The molecule has 0 bridgehead atoms. The number of nitrogens with zero attached hydrogens (tertiary/aromatic N) is 2. The molecule has 1 atom stereocenters. The van der Waals surface area contributed by atoms with E-state index in [0.29, 0.717) is 5.56 Å². The third kappa shape index (κ3) is 4.39. The Labute approximate surface area is 147 Å². The molecule has 1 aromatic carbocycles. The average Bonchev–Trinajstić information content (AvgIpc) is 3.23. The lowest BCUT2D eigenvalue weighted by Crippen LogP contribution is -2.06. The van der Waals surface area contributed by atoms with Gasteiger partial charge in [0, 0.05) is 21.4 Å². The van der Waals surface area contributed by atoms with Crippen molar-refractivity contribution in [3.63, 3.8) is 0 Å². The zero-order valence-corrected chi connectivity index (χ0v) is 14.4. The van der Waals surface area contributed by atoms with Crippen LogP contribution in [0.5, 0.6) is 0 Å². The van der Waals surface area contributed by atoms with Gasteiger partial charge in [0.1, 0.15) is 5.82 Å². The molecule has 0 aliphatic heterocycles. The van der Waals surface area contributed by atoms with Crippen LogP contribution in [0.1, 0.15) is 28.7 Å². The molecule has 0 unspecified atom stereocenters. The second-order valence-corrected chi connectivity index (χ2v) is 6.63. The smallest absolute Gasteiger partial charge is 0.331 e. The van der Waals surface area contributed by atoms with E-state index in [9.17, 15) is 9.18 Å². The summed E-state index contributed by atoms with van der Waals surface area (Å²) in [5, 5.41) is 7.77. The van der Waals surface area contributed by atoms with Crippen LogP contribution in [-0.4, -0.2) is 16.2 Å². The van der Waals surface area contributed by atoms with Crippen molar-refractivity contribution in [3.05, 3.63) is 63.9 Å². The highest BCUT2D eigenvalue weighted by atomic mass is 32.1. The van der Waals surface area contributed by atoms with E-state index in [1.807, 2.05) is 19.1 Å². The van der Waals surface area contributed by atoms with Gasteiger partial charge >= 0.3 is 5.97 Å². The highest BCUT2D eigenvalue weighted by molar-refractivity contribution is 7.12. The number of esters is 1. The van der Waals surface area contributed by atoms with Crippen molar-refractivity contribution in [3.8, 4) is 11.5 Å². The molecule has 128 valence electrons. The fourth-order valence-corrected chi connectivity index (χ4v) is 2.85. The predicted octanol–water partition coefficient (Wildman–Crippen LogP) is 4.56. The Kier molecular flexibility index (Phi) is 5.04. The number of ether oxygens (including phenoxy) is 1. The molecule has 2 heterocycles. The summed E-state index contributed by atoms with van der Waals surface area (Å²) in [6, 6.07) is 9.59. The van der Waals surface area contributed by atoms with Gasteiger partial charge in [0.2, 0.25) is 5.89 Å². The molecule has 0 aliphatic carbocycles. The number of thiophene rings is 1. The quantitative estimate of drug-likeness (QED) is 0.494. The van der Waals surface area contributed by atoms with Crippen LogP contribution < -0.4 is 0 Å². The van der Waals surface area contributed by atoms with Gasteiger partial charge in [-0.25, -0.2) is 9.18 Å².